The molecule has 2 aromatic heterocycles. The topological polar surface area (TPSA) is 73.6 Å². The number of carbonyl (C=O) groups excluding carboxylic acids is 1. The molecule has 0 unspecified atom stereocenters. The van der Waals surface area contributed by atoms with Crippen LogP contribution in [0.1, 0.15) is 28.8 Å². The highest BCUT2D eigenvalue weighted by molar-refractivity contribution is 5.91. The molecule has 0 fully saturated rings. The zero-order valence-corrected chi connectivity index (χ0v) is 12.1. The zero-order valence-electron chi connectivity index (χ0n) is 12.1. The molecule has 0 bridgehead atoms. The van der Waals surface area contributed by atoms with Crippen molar-refractivity contribution in [1.82, 2.24) is 10.3 Å². The van der Waals surface area contributed by atoms with E-state index < -0.39 is 0 Å². The van der Waals surface area contributed by atoms with Gasteiger partial charge in [0.05, 0.1) is 6.61 Å². The van der Waals surface area contributed by atoms with Gasteiger partial charge in [0, 0.05) is 25.4 Å². The molecule has 1 amide bonds. The Kier molecular flexibility index (Phi) is 5.34. The number of hydrogen-bond acceptors (Lipinski definition) is 5. The van der Waals surface area contributed by atoms with Crippen LogP contribution in [-0.2, 0) is 17.9 Å². The monoisotopic (exact) mass is 290 g/mol. The Hall–Kier alpha value is -2.34. The highest BCUT2D eigenvalue weighted by Gasteiger charge is 2.12. The molecule has 2 aromatic rings. The first-order chi connectivity index (χ1) is 10.2. The zero-order chi connectivity index (χ0) is 15.1. The lowest BCUT2D eigenvalue weighted by molar-refractivity contribution is 0.0914. The van der Waals surface area contributed by atoms with Gasteiger partial charge in [-0.1, -0.05) is 6.07 Å². The number of rotatable bonds is 7. The number of furan rings is 1. The number of methoxy groups -OCH3 is 1. The van der Waals surface area contributed by atoms with E-state index in [-0.39, 0.29) is 11.7 Å². The molecule has 6 heteroatoms. The van der Waals surface area contributed by atoms with Crippen LogP contribution < -0.4 is 10.1 Å². The van der Waals surface area contributed by atoms with Crippen molar-refractivity contribution >= 4 is 5.91 Å². The molecule has 112 valence electrons. The Bertz CT molecular complexity index is 595. The molecule has 0 spiro atoms. The van der Waals surface area contributed by atoms with Crippen LogP contribution in [0, 0.1) is 0 Å². The third-order valence-corrected chi connectivity index (χ3v) is 2.74. The Morgan fingerprint density at radius 2 is 2.24 bits per heavy atom. The average molecular weight is 290 g/mol. The first-order valence-electron chi connectivity index (χ1n) is 6.67. The number of amides is 1. The van der Waals surface area contributed by atoms with E-state index in [9.17, 15) is 4.79 Å². The van der Waals surface area contributed by atoms with Gasteiger partial charge < -0.3 is 19.2 Å². The maximum atomic E-state index is 12.0. The standard InChI is InChI=1S/C15H18N2O4/c1-3-20-15-11(5-4-8-16-15)9-17-14(18)13-7-6-12(21-13)10-19-2/h4-8H,3,9-10H2,1-2H3,(H,17,18). The maximum Gasteiger partial charge on any atom is 0.287 e. The van der Waals surface area contributed by atoms with Gasteiger partial charge in [0.1, 0.15) is 12.4 Å². The van der Waals surface area contributed by atoms with Crippen LogP contribution in [0.3, 0.4) is 0 Å². The number of pyridine rings is 1. The summed E-state index contributed by atoms with van der Waals surface area (Å²) >= 11 is 0. The van der Waals surface area contributed by atoms with Crippen molar-refractivity contribution in [3.05, 3.63) is 47.5 Å². The van der Waals surface area contributed by atoms with Gasteiger partial charge in [0.25, 0.3) is 5.91 Å². The van der Waals surface area contributed by atoms with Gasteiger partial charge in [-0.2, -0.15) is 0 Å². The molecular weight excluding hydrogens is 272 g/mol. The second-order valence-corrected chi connectivity index (χ2v) is 4.28. The minimum atomic E-state index is -0.288. The number of aromatic nitrogens is 1. The fraction of sp³-hybridized carbons (Fsp3) is 0.333. The Morgan fingerprint density at radius 3 is 3.00 bits per heavy atom. The summed E-state index contributed by atoms with van der Waals surface area (Å²) in [6.45, 7) is 3.07. The van der Waals surface area contributed by atoms with Crippen LogP contribution in [0.4, 0.5) is 0 Å². The summed E-state index contributed by atoms with van der Waals surface area (Å²) in [5, 5.41) is 2.78. The largest absolute Gasteiger partial charge is 0.478 e. The summed E-state index contributed by atoms with van der Waals surface area (Å²) in [5.74, 6) is 1.10. The molecule has 2 rings (SSSR count). The normalized spacial score (nSPS) is 10.4. The van der Waals surface area contributed by atoms with Gasteiger partial charge in [-0.3, -0.25) is 4.79 Å². The van der Waals surface area contributed by atoms with Crippen molar-refractivity contribution in [2.24, 2.45) is 0 Å². The van der Waals surface area contributed by atoms with E-state index in [0.29, 0.717) is 31.4 Å². The number of ether oxygens (including phenoxy) is 2. The third kappa shape index (κ3) is 4.06. The van der Waals surface area contributed by atoms with Crippen molar-refractivity contribution in [2.45, 2.75) is 20.1 Å². The predicted molar refractivity (Wildman–Crippen MR) is 76.0 cm³/mol. The molecule has 21 heavy (non-hydrogen) atoms. The quantitative estimate of drug-likeness (QED) is 0.845. The molecule has 0 saturated carbocycles. The van der Waals surface area contributed by atoms with Gasteiger partial charge in [-0.15, -0.1) is 0 Å². The Labute approximate surface area is 123 Å². The van der Waals surface area contributed by atoms with Crippen molar-refractivity contribution in [1.29, 1.82) is 0 Å². The van der Waals surface area contributed by atoms with Crippen LogP contribution in [0.25, 0.3) is 0 Å². The molecule has 2 heterocycles. The fourth-order valence-electron chi connectivity index (χ4n) is 1.81. The molecular formula is C15H18N2O4. The Morgan fingerprint density at radius 1 is 1.38 bits per heavy atom. The fourth-order valence-corrected chi connectivity index (χ4v) is 1.81. The van der Waals surface area contributed by atoms with Gasteiger partial charge in [-0.05, 0) is 25.1 Å². The number of nitrogens with zero attached hydrogens (tertiary/aromatic N) is 1. The molecule has 0 aromatic carbocycles. The molecule has 0 aliphatic rings. The molecule has 6 nitrogen and oxygen atoms in total. The van der Waals surface area contributed by atoms with Gasteiger partial charge in [-0.25, -0.2) is 4.98 Å². The SMILES string of the molecule is CCOc1ncccc1CNC(=O)c1ccc(COC)o1. The van der Waals surface area contributed by atoms with Crippen LogP contribution in [0.15, 0.2) is 34.9 Å². The minimum Gasteiger partial charge on any atom is -0.478 e. The summed E-state index contributed by atoms with van der Waals surface area (Å²) in [5.41, 5.74) is 0.816. The van der Waals surface area contributed by atoms with E-state index in [2.05, 4.69) is 10.3 Å². The second-order valence-electron chi connectivity index (χ2n) is 4.28. The van der Waals surface area contributed by atoms with E-state index in [1.165, 1.54) is 0 Å². The highest BCUT2D eigenvalue weighted by atomic mass is 16.5. The van der Waals surface area contributed by atoms with Crippen molar-refractivity contribution in [2.75, 3.05) is 13.7 Å². The van der Waals surface area contributed by atoms with E-state index in [1.807, 2.05) is 13.0 Å². The summed E-state index contributed by atoms with van der Waals surface area (Å²) in [7, 11) is 1.57. The smallest absolute Gasteiger partial charge is 0.287 e. The van der Waals surface area contributed by atoms with Crippen molar-refractivity contribution in [3.8, 4) is 5.88 Å². The molecule has 0 aliphatic carbocycles. The van der Waals surface area contributed by atoms with Crippen LogP contribution in [0.2, 0.25) is 0 Å². The first kappa shape index (κ1) is 15.1. The third-order valence-electron chi connectivity index (χ3n) is 2.74. The minimum absolute atomic E-state index is 0.254. The molecule has 0 aliphatic heterocycles. The lowest BCUT2D eigenvalue weighted by Gasteiger charge is -2.09. The van der Waals surface area contributed by atoms with Crippen LogP contribution in [0.5, 0.6) is 5.88 Å². The van der Waals surface area contributed by atoms with Crippen LogP contribution in [-0.4, -0.2) is 24.6 Å². The van der Waals surface area contributed by atoms with Crippen molar-refractivity contribution < 1.29 is 18.7 Å². The number of nitrogens with one attached hydrogen (secondary N) is 1. The maximum absolute atomic E-state index is 12.0. The number of carbonyl (C=O) groups is 1. The molecule has 1 N–H and O–H groups in total. The number of hydrogen-bond donors (Lipinski definition) is 1. The van der Waals surface area contributed by atoms with Crippen LogP contribution >= 0.6 is 0 Å². The van der Waals surface area contributed by atoms with E-state index in [1.54, 1.807) is 31.5 Å². The summed E-state index contributed by atoms with van der Waals surface area (Å²) < 4.78 is 15.7. The average Bonchev–Trinajstić information content (AvgIpc) is 2.95. The lowest BCUT2D eigenvalue weighted by Crippen LogP contribution is -2.22. The van der Waals surface area contributed by atoms with Gasteiger partial charge >= 0.3 is 0 Å². The first-order valence-corrected chi connectivity index (χ1v) is 6.67. The summed E-state index contributed by atoms with van der Waals surface area (Å²) in [6, 6.07) is 6.99. The lowest BCUT2D eigenvalue weighted by atomic mass is 10.2. The second kappa shape index (κ2) is 7.44. The Balaban J connectivity index is 1.97. The molecule has 0 radical (unpaired) electrons. The van der Waals surface area contributed by atoms with E-state index in [0.717, 1.165) is 5.56 Å². The highest BCUT2D eigenvalue weighted by Crippen LogP contribution is 2.14. The molecule has 0 atom stereocenters. The van der Waals surface area contributed by atoms with Gasteiger partial charge in [0.15, 0.2) is 5.76 Å². The summed E-state index contributed by atoms with van der Waals surface area (Å²) in [4.78, 5) is 16.1. The van der Waals surface area contributed by atoms with E-state index >= 15 is 0 Å². The molecule has 0 saturated heterocycles. The summed E-state index contributed by atoms with van der Waals surface area (Å²) in [6.07, 6.45) is 1.65. The predicted octanol–water partition coefficient (Wildman–Crippen LogP) is 2.15. The van der Waals surface area contributed by atoms with Crippen molar-refractivity contribution in [3.63, 3.8) is 0 Å². The van der Waals surface area contributed by atoms with E-state index in [4.69, 9.17) is 13.9 Å². The van der Waals surface area contributed by atoms with Gasteiger partial charge in [0.2, 0.25) is 5.88 Å².